The zero-order valence-electron chi connectivity index (χ0n) is 13.6. The number of hydrogen-bond donors (Lipinski definition) is 3. The lowest BCUT2D eigenvalue weighted by molar-refractivity contribution is -0.924. The predicted octanol–water partition coefficient (Wildman–Crippen LogP) is -0.843. The van der Waals surface area contributed by atoms with Crippen LogP contribution in [0, 0.1) is 0 Å². The molecule has 3 rings (SSSR count). The number of imide groups is 1. The first-order valence-electron chi connectivity index (χ1n) is 8.16. The summed E-state index contributed by atoms with van der Waals surface area (Å²) in [6.07, 6.45) is 2.44. The molecule has 0 spiro atoms. The summed E-state index contributed by atoms with van der Waals surface area (Å²) in [5.74, 6) is -0.730. The van der Waals surface area contributed by atoms with Crippen molar-refractivity contribution in [2.45, 2.75) is 37.9 Å². The Morgan fingerprint density at radius 1 is 1.21 bits per heavy atom. The Morgan fingerprint density at radius 3 is 2.58 bits per heavy atom. The van der Waals surface area contributed by atoms with Crippen molar-refractivity contribution in [1.82, 2.24) is 10.6 Å². The average Bonchev–Trinajstić information content (AvgIpc) is 3.37. The van der Waals surface area contributed by atoms with Gasteiger partial charge in [-0.2, -0.15) is 0 Å². The van der Waals surface area contributed by atoms with E-state index in [4.69, 9.17) is 4.74 Å². The molecule has 128 valence electrons. The third kappa shape index (κ3) is 3.91. The van der Waals surface area contributed by atoms with Gasteiger partial charge in [-0.1, -0.05) is 24.3 Å². The van der Waals surface area contributed by atoms with Crippen LogP contribution in [0.15, 0.2) is 24.3 Å². The lowest BCUT2D eigenvalue weighted by Gasteiger charge is -2.31. The molecule has 1 aliphatic carbocycles. The monoisotopic (exact) mass is 332 g/mol. The van der Waals surface area contributed by atoms with Crippen molar-refractivity contribution in [2.75, 3.05) is 13.7 Å². The molecule has 0 saturated heterocycles. The molecular formula is C17H22N3O4+. The Hall–Kier alpha value is -2.41. The van der Waals surface area contributed by atoms with E-state index in [0.717, 1.165) is 28.9 Å². The maximum Gasteiger partial charge on any atom is 0.365 e. The molecular weight excluding hydrogens is 310 g/mol. The smallest absolute Gasteiger partial charge is 0.365 e. The van der Waals surface area contributed by atoms with E-state index in [-0.39, 0.29) is 18.6 Å². The summed E-state index contributed by atoms with van der Waals surface area (Å²) in [5.41, 5.74) is 2.21. The number of urea groups is 1. The highest BCUT2D eigenvalue weighted by molar-refractivity contribution is 5.95. The molecule has 24 heavy (non-hydrogen) atoms. The number of benzene rings is 1. The standard InChI is InChI=1S/C17H21N3O4/c1-24-16(22)14-8-11-4-2-3-5-12(11)9-20(14)10-15(21)19-17(23)18-13-6-7-13/h2-5,13-14H,6-10H2,1H3,(H2,18,19,21,23)/p+1/t14-/m1/s1. The van der Waals surface area contributed by atoms with Gasteiger partial charge in [-0.15, -0.1) is 0 Å². The van der Waals surface area contributed by atoms with Crippen LogP contribution in [0.4, 0.5) is 4.79 Å². The summed E-state index contributed by atoms with van der Waals surface area (Å²) in [5, 5.41) is 5.05. The Balaban J connectivity index is 1.65. The maximum atomic E-state index is 12.1. The van der Waals surface area contributed by atoms with Crippen molar-refractivity contribution in [3.8, 4) is 0 Å². The molecule has 0 radical (unpaired) electrons. The molecule has 1 aliphatic heterocycles. The third-order valence-electron chi connectivity index (χ3n) is 4.49. The number of methoxy groups -OCH3 is 1. The largest absolute Gasteiger partial charge is 0.465 e. The van der Waals surface area contributed by atoms with Crippen LogP contribution < -0.4 is 15.5 Å². The molecule has 1 saturated carbocycles. The first-order valence-corrected chi connectivity index (χ1v) is 8.16. The second-order valence-corrected chi connectivity index (χ2v) is 6.36. The van der Waals surface area contributed by atoms with Crippen LogP contribution in [0.3, 0.4) is 0 Å². The second-order valence-electron chi connectivity index (χ2n) is 6.36. The highest BCUT2D eigenvalue weighted by Gasteiger charge is 2.37. The van der Waals surface area contributed by atoms with Gasteiger partial charge in [0.05, 0.1) is 7.11 Å². The predicted molar refractivity (Wildman–Crippen MR) is 85.2 cm³/mol. The van der Waals surface area contributed by atoms with Crippen LogP contribution in [-0.2, 0) is 27.3 Å². The van der Waals surface area contributed by atoms with E-state index in [1.54, 1.807) is 0 Å². The zero-order valence-corrected chi connectivity index (χ0v) is 13.6. The molecule has 2 aliphatic rings. The minimum atomic E-state index is -0.464. The number of fused-ring (bicyclic) bond motifs is 1. The van der Waals surface area contributed by atoms with Gasteiger partial charge in [-0.25, -0.2) is 9.59 Å². The van der Waals surface area contributed by atoms with Crippen molar-refractivity contribution in [1.29, 1.82) is 0 Å². The first kappa shape index (κ1) is 16.4. The quantitative estimate of drug-likeness (QED) is 0.627. The normalized spacial score (nSPS) is 22.2. The number of carbonyl (C=O) groups is 3. The van der Waals surface area contributed by atoms with Crippen molar-refractivity contribution in [3.63, 3.8) is 0 Å². The fourth-order valence-electron chi connectivity index (χ4n) is 3.07. The van der Waals surface area contributed by atoms with E-state index in [9.17, 15) is 14.4 Å². The van der Waals surface area contributed by atoms with Crippen molar-refractivity contribution < 1.29 is 24.0 Å². The highest BCUT2D eigenvalue weighted by atomic mass is 16.5. The number of ether oxygens (including phenoxy) is 1. The number of nitrogens with one attached hydrogen (secondary N) is 3. The van der Waals surface area contributed by atoms with E-state index in [1.165, 1.54) is 7.11 Å². The van der Waals surface area contributed by atoms with Crippen LogP contribution in [0.25, 0.3) is 0 Å². The summed E-state index contributed by atoms with van der Waals surface area (Å²) in [6, 6.07) is 7.16. The van der Waals surface area contributed by atoms with Gasteiger partial charge in [-0.05, 0) is 18.4 Å². The molecule has 1 unspecified atom stereocenters. The number of rotatable bonds is 4. The number of esters is 1. The van der Waals surface area contributed by atoms with E-state index in [0.29, 0.717) is 13.0 Å². The number of amides is 3. The van der Waals surface area contributed by atoms with Crippen molar-refractivity contribution in [2.24, 2.45) is 0 Å². The van der Waals surface area contributed by atoms with E-state index >= 15 is 0 Å². The average molecular weight is 332 g/mol. The molecule has 3 N–H and O–H groups in total. The Morgan fingerprint density at radius 2 is 1.92 bits per heavy atom. The van der Waals surface area contributed by atoms with Gasteiger partial charge in [0.15, 0.2) is 12.6 Å². The Bertz CT molecular complexity index is 657. The summed E-state index contributed by atoms with van der Waals surface area (Å²) >= 11 is 0. The molecule has 7 nitrogen and oxygen atoms in total. The number of hydrogen-bond acceptors (Lipinski definition) is 4. The van der Waals surface area contributed by atoms with Gasteiger partial charge in [0.2, 0.25) is 0 Å². The van der Waals surface area contributed by atoms with E-state index < -0.39 is 18.0 Å². The first-order chi connectivity index (χ1) is 11.6. The molecule has 3 amide bonds. The van der Waals surface area contributed by atoms with Gasteiger partial charge in [0.1, 0.15) is 6.54 Å². The molecule has 1 aromatic carbocycles. The molecule has 2 atom stereocenters. The molecule has 0 bridgehead atoms. The molecule has 0 aromatic heterocycles. The number of carbonyl (C=O) groups excluding carboxylic acids is 3. The summed E-state index contributed by atoms with van der Waals surface area (Å²) in [4.78, 5) is 36.7. The molecule has 7 heteroatoms. The fraction of sp³-hybridized carbons (Fsp3) is 0.471. The van der Waals surface area contributed by atoms with Crippen LogP contribution >= 0.6 is 0 Å². The van der Waals surface area contributed by atoms with Crippen LogP contribution in [0.2, 0.25) is 0 Å². The van der Waals surface area contributed by atoms with Gasteiger partial charge in [0, 0.05) is 18.0 Å². The van der Waals surface area contributed by atoms with E-state index in [2.05, 4.69) is 10.6 Å². The molecule has 1 fully saturated rings. The topological polar surface area (TPSA) is 88.9 Å². The van der Waals surface area contributed by atoms with Gasteiger partial charge in [-0.3, -0.25) is 10.1 Å². The SMILES string of the molecule is COC(=O)[C@H]1Cc2ccccc2C[NH+]1CC(=O)NC(=O)NC1CC1. The zero-order chi connectivity index (χ0) is 17.1. The van der Waals surface area contributed by atoms with Crippen LogP contribution in [-0.4, -0.2) is 43.6 Å². The minimum Gasteiger partial charge on any atom is -0.465 e. The van der Waals surface area contributed by atoms with Crippen LogP contribution in [0.5, 0.6) is 0 Å². The second kappa shape index (κ2) is 7.00. The van der Waals surface area contributed by atoms with Crippen molar-refractivity contribution in [3.05, 3.63) is 35.4 Å². The summed E-state index contributed by atoms with van der Waals surface area (Å²) in [6.45, 7) is 0.597. The molecule has 1 heterocycles. The van der Waals surface area contributed by atoms with Gasteiger partial charge < -0.3 is 15.0 Å². The lowest BCUT2D eigenvalue weighted by Crippen LogP contribution is -3.17. The van der Waals surface area contributed by atoms with Gasteiger partial charge in [0.25, 0.3) is 5.91 Å². The Labute approximate surface area is 140 Å². The summed E-state index contributed by atoms with van der Waals surface area (Å²) in [7, 11) is 1.35. The van der Waals surface area contributed by atoms with E-state index in [1.807, 2.05) is 24.3 Å². The highest BCUT2D eigenvalue weighted by Crippen LogP contribution is 2.18. The van der Waals surface area contributed by atoms with Crippen LogP contribution in [0.1, 0.15) is 24.0 Å². The third-order valence-corrected chi connectivity index (χ3v) is 4.49. The maximum absolute atomic E-state index is 12.1. The molecule has 1 aromatic rings. The summed E-state index contributed by atoms with van der Waals surface area (Å²) < 4.78 is 4.89. The van der Waals surface area contributed by atoms with Crippen molar-refractivity contribution >= 4 is 17.9 Å². The lowest BCUT2D eigenvalue weighted by atomic mass is 9.94. The minimum absolute atomic E-state index is 0.0478. The number of quaternary nitrogens is 1. The van der Waals surface area contributed by atoms with Gasteiger partial charge >= 0.3 is 12.0 Å². The Kier molecular flexibility index (Phi) is 4.80. The fourth-order valence-corrected chi connectivity index (χ4v) is 3.07.